The zero-order valence-electron chi connectivity index (χ0n) is 8.00. The van der Waals surface area contributed by atoms with E-state index < -0.39 is 0 Å². The van der Waals surface area contributed by atoms with E-state index in [0.29, 0.717) is 10.8 Å². The zero-order valence-corrected chi connectivity index (χ0v) is 10.3. The summed E-state index contributed by atoms with van der Waals surface area (Å²) in [5, 5.41) is 0.641. The second-order valence-electron chi connectivity index (χ2n) is 3.60. The maximum absolute atomic E-state index is 11.4. The van der Waals surface area contributed by atoms with Crippen LogP contribution in [0.15, 0.2) is 22.7 Å². The van der Waals surface area contributed by atoms with Crippen molar-refractivity contribution in [2.45, 2.75) is 12.8 Å². The molecule has 2 nitrogen and oxygen atoms in total. The quantitative estimate of drug-likeness (QED) is 0.848. The minimum atomic E-state index is 0.158. The Morgan fingerprint density at radius 2 is 2.27 bits per heavy atom. The lowest BCUT2D eigenvalue weighted by Crippen LogP contribution is -2.12. The van der Waals surface area contributed by atoms with E-state index in [-0.39, 0.29) is 18.3 Å². The summed E-state index contributed by atoms with van der Waals surface area (Å²) in [6.45, 7) is 0.158. The summed E-state index contributed by atoms with van der Waals surface area (Å²) in [6, 6.07) is 5.24. The van der Waals surface area contributed by atoms with Crippen molar-refractivity contribution in [3.8, 4) is 5.75 Å². The van der Waals surface area contributed by atoms with E-state index in [2.05, 4.69) is 15.9 Å². The van der Waals surface area contributed by atoms with Gasteiger partial charge >= 0.3 is 0 Å². The fourth-order valence-electron chi connectivity index (χ4n) is 1.26. The van der Waals surface area contributed by atoms with Gasteiger partial charge in [0.1, 0.15) is 12.4 Å². The zero-order chi connectivity index (χ0) is 10.8. The Hall–Kier alpha value is -0.540. The molecule has 0 radical (unpaired) electrons. The lowest BCUT2D eigenvalue weighted by atomic mass is 10.3. The molecule has 0 unspecified atom stereocenters. The maximum atomic E-state index is 11.4. The van der Waals surface area contributed by atoms with E-state index in [0.717, 1.165) is 17.3 Å². The summed E-state index contributed by atoms with van der Waals surface area (Å²) < 4.78 is 6.18. The lowest BCUT2D eigenvalue weighted by Gasteiger charge is -2.07. The minimum Gasteiger partial charge on any atom is -0.485 e. The number of carbonyl (C=O) groups excluding carboxylic acids is 1. The molecule has 0 spiro atoms. The number of halogens is 2. The molecule has 1 aromatic rings. The standard InChI is InChI=1S/C11H10BrClO2/c12-9-5-8(13)3-4-11(9)15-6-10(14)7-1-2-7/h3-5,7H,1-2,6H2. The van der Waals surface area contributed by atoms with Crippen molar-refractivity contribution in [2.75, 3.05) is 6.61 Å². The van der Waals surface area contributed by atoms with Crippen LogP contribution in [0.25, 0.3) is 0 Å². The van der Waals surface area contributed by atoms with Crippen molar-refractivity contribution in [2.24, 2.45) is 5.92 Å². The molecule has 80 valence electrons. The third kappa shape index (κ3) is 2.95. The van der Waals surface area contributed by atoms with Crippen LogP contribution in [-0.4, -0.2) is 12.4 Å². The predicted molar refractivity (Wildman–Crippen MR) is 62.4 cm³/mol. The smallest absolute Gasteiger partial charge is 0.173 e. The van der Waals surface area contributed by atoms with Crippen molar-refractivity contribution in [1.29, 1.82) is 0 Å². The van der Waals surface area contributed by atoms with Gasteiger partial charge in [-0.3, -0.25) is 4.79 Å². The molecular weight excluding hydrogens is 279 g/mol. The first kappa shape index (κ1) is 11.0. The van der Waals surface area contributed by atoms with Gasteiger partial charge < -0.3 is 4.74 Å². The van der Waals surface area contributed by atoms with Crippen LogP contribution in [0.1, 0.15) is 12.8 Å². The first-order valence-electron chi connectivity index (χ1n) is 4.77. The van der Waals surface area contributed by atoms with Crippen molar-refractivity contribution >= 4 is 33.3 Å². The molecule has 0 saturated heterocycles. The molecule has 0 bridgehead atoms. The average molecular weight is 290 g/mol. The van der Waals surface area contributed by atoms with E-state index in [1.54, 1.807) is 18.2 Å². The summed E-state index contributed by atoms with van der Waals surface area (Å²) in [6.07, 6.45) is 2.04. The van der Waals surface area contributed by atoms with Crippen molar-refractivity contribution in [3.63, 3.8) is 0 Å². The van der Waals surface area contributed by atoms with Crippen LogP contribution in [-0.2, 0) is 4.79 Å². The van der Waals surface area contributed by atoms with Crippen LogP contribution in [0.4, 0.5) is 0 Å². The van der Waals surface area contributed by atoms with E-state index in [9.17, 15) is 4.79 Å². The van der Waals surface area contributed by atoms with Crippen LogP contribution in [0.2, 0.25) is 5.02 Å². The third-order valence-corrected chi connectivity index (χ3v) is 3.15. The van der Waals surface area contributed by atoms with Crippen LogP contribution in [0.5, 0.6) is 5.75 Å². The Labute approximate surface area is 102 Å². The van der Waals surface area contributed by atoms with Crippen LogP contribution >= 0.6 is 27.5 Å². The summed E-state index contributed by atoms with van der Waals surface area (Å²) >= 11 is 9.12. The normalized spacial score (nSPS) is 15.1. The Morgan fingerprint density at radius 3 is 2.87 bits per heavy atom. The molecule has 0 N–H and O–H groups in total. The summed E-state index contributed by atoms with van der Waals surface area (Å²) in [7, 11) is 0. The highest BCUT2D eigenvalue weighted by atomic mass is 79.9. The Kier molecular flexibility index (Phi) is 3.32. The SMILES string of the molecule is O=C(COc1ccc(Cl)cc1Br)C1CC1. The number of carbonyl (C=O) groups is 1. The van der Waals surface area contributed by atoms with Crippen molar-refractivity contribution < 1.29 is 9.53 Å². The highest BCUT2D eigenvalue weighted by Gasteiger charge is 2.29. The molecule has 1 saturated carbocycles. The second-order valence-corrected chi connectivity index (χ2v) is 4.89. The number of rotatable bonds is 4. The predicted octanol–water partition coefficient (Wildman–Crippen LogP) is 3.46. The molecule has 15 heavy (non-hydrogen) atoms. The van der Waals surface area contributed by atoms with Gasteiger partial charge in [0.05, 0.1) is 4.47 Å². The molecular formula is C11H10BrClO2. The number of benzene rings is 1. The van der Waals surface area contributed by atoms with Crippen LogP contribution < -0.4 is 4.74 Å². The van der Waals surface area contributed by atoms with Gasteiger partial charge in [0.2, 0.25) is 0 Å². The van der Waals surface area contributed by atoms with Gasteiger partial charge in [-0.15, -0.1) is 0 Å². The number of ketones is 1. The first-order valence-corrected chi connectivity index (χ1v) is 5.94. The number of Topliss-reactive ketones (excluding diaryl/α,β-unsaturated/α-hetero) is 1. The molecule has 0 aromatic heterocycles. The topological polar surface area (TPSA) is 26.3 Å². The molecule has 1 aliphatic carbocycles. The minimum absolute atomic E-state index is 0.158. The fraction of sp³-hybridized carbons (Fsp3) is 0.364. The fourth-order valence-corrected chi connectivity index (χ4v) is 2.06. The molecule has 0 heterocycles. The first-order chi connectivity index (χ1) is 7.16. The molecule has 0 atom stereocenters. The molecule has 0 aliphatic heterocycles. The number of hydrogen-bond donors (Lipinski definition) is 0. The van der Waals surface area contributed by atoms with Gasteiger partial charge in [-0.25, -0.2) is 0 Å². The van der Waals surface area contributed by atoms with Crippen LogP contribution in [0, 0.1) is 5.92 Å². The molecule has 1 aromatic carbocycles. The summed E-state index contributed by atoms with van der Waals surface area (Å²) in [5.74, 6) is 1.10. The number of hydrogen-bond acceptors (Lipinski definition) is 2. The molecule has 0 amide bonds. The highest BCUT2D eigenvalue weighted by molar-refractivity contribution is 9.10. The highest BCUT2D eigenvalue weighted by Crippen LogP contribution is 2.31. The van der Waals surface area contributed by atoms with E-state index >= 15 is 0 Å². The van der Waals surface area contributed by atoms with Crippen molar-refractivity contribution in [3.05, 3.63) is 27.7 Å². The van der Waals surface area contributed by atoms with Gasteiger partial charge in [0, 0.05) is 10.9 Å². The Balaban J connectivity index is 1.95. The number of ether oxygens (including phenoxy) is 1. The molecule has 1 aliphatic rings. The van der Waals surface area contributed by atoms with Crippen LogP contribution in [0.3, 0.4) is 0 Å². The van der Waals surface area contributed by atoms with E-state index in [4.69, 9.17) is 16.3 Å². The largest absolute Gasteiger partial charge is 0.485 e. The lowest BCUT2D eigenvalue weighted by molar-refractivity contribution is -0.122. The maximum Gasteiger partial charge on any atom is 0.173 e. The molecule has 4 heteroatoms. The Bertz CT molecular complexity index is 388. The van der Waals surface area contributed by atoms with Gasteiger partial charge in [0.15, 0.2) is 5.78 Å². The molecule has 1 fully saturated rings. The van der Waals surface area contributed by atoms with E-state index in [1.165, 1.54) is 0 Å². The molecule has 2 rings (SSSR count). The van der Waals surface area contributed by atoms with Gasteiger partial charge in [-0.1, -0.05) is 11.6 Å². The van der Waals surface area contributed by atoms with Gasteiger partial charge in [-0.05, 0) is 47.0 Å². The summed E-state index contributed by atoms with van der Waals surface area (Å²) in [5.41, 5.74) is 0. The van der Waals surface area contributed by atoms with Gasteiger partial charge in [0.25, 0.3) is 0 Å². The van der Waals surface area contributed by atoms with E-state index in [1.807, 2.05) is 0 Å². The van der Waals surface area contributed by atoms with Gasteiger partial charge in [-0.2, -0.15) is 0 Å². The monoisotopic (exact) mass is 288 g/mol. The average Bonchev–Trinajstić information content (AvgIpc) is 2.99. The summed E-state index contributed by atoms with van der Waals surface area (Å²) in [4.78, 5) is 11.4. The second kappa shape index (κ2) is 4.54. The Morgan fingerprint density at radius 1 is 1.53 bits per heavy atom. The van der Waals surface area contributed by atoms with Crippen molar-refractivity contribution in [1.82, 2.24) is 0 Å². The third-order valence-electron chi connectivity index (χ3n) is 2.30.